The fourth-order valence-corrected chi connectivity index (χ4v) is 1.34. The molecule has 2 nitrogen and oxygen atoms in total. The van der Waals surface area contributed by atoms with Gasteiger partial charge in [-0.3, -0.25) is 0 Å². The lowest BCUT2D eigenvalue weighted by molar-refractivity contribution is -0.165. The van der Waals surface area contributed by atoms with Crippen LogP contribution in [0.5, 0.6) is 5.75 Å². The molecular weight excluding hydrogens is 299 g/mol. The summed E-state index contributed by atoms with van der Waals surface area (Å²) in [6.45, 7) is 1.10. The summed E-state index contributed by atoms with van der Waals surface area (Å²) in [6.07, 6.45) is -4.56. The van der Waals surface area contributed by atoms with Gasteiger partial charge in [-0.25, -0.2) is 0 Å². The number of hydrogen-bond acceptors (Lipinski definition) is 2. The summed E-state index contributed by atoms with van der Waals surface area (Å²) in [5.74, 6) is -1.79. The molecule has 0 spiro atoms. The van der Waals surface area contributed by atoms with Gasteiger partial charge in [0.2, 0.25) is 0 Å². The third-order valence-electron chi connectivity index (χ3n) is 2.10. The molecule has 0 saturated heterocycles. The Bertz CT molecular complexity index is 439. The van der Waals surface area contributed by atoms with Gasteiger partial charge in [0, 0.05) is 4.47 Å². The predicted octanol–water partition coefficient (Wildman–Crippen LogP) is 3.84. The molecule has 0 N–H and O–H groups in total. The minimum Gasteiger partial charge on any atom is -0.492 e. The monoisotopic (exact) mass is 307 g/mol. The molecule has 0 aliphatic rings. The molecule has 0 radical (unpaired) electrons. The molecule has 0 fully saturated rings. The van der Waals surface area contributed by atoms with E-state index in [0.717, 1.165) is 10.0 Å². The maximum absolute atomic E-state index is 12.3. The Labute approximate surface area is 105 Å². The van der Waals surface area contributed by atoms with Crippen molar-refractivity contribution in [1.29, 1.82) is 5.26 Å². The van der Waals surface area contributed by atoms with Gasteiger partial charge in [-0.2, -0.15) is 18.4 Å². The zero-order chi connectivity index (χ0) is 13.1. The molecule has 1 atom stereocenters. The van der Waals surface area contributed by atoms with E-state index < -0.39 is 18.7 Å². The van der Waals surface area contributed by atoms with E-state index in [1.807, 2.05) is 0 Å². The van der Waals surface area contributed by atoms with Gasteiger partial charge in [0.05, 0.1) is 6.07 Å². The highest BCUT2D eigenvalue weighted by Gasteiger charge is 2.40. The van der Waals surface area contributed by atoms with Crippen LogP contribution in [0.4, 0.5) is 13.2 Å². The summed E-state index contributed by atoms with van der Waals surface area (Å²) < 4.78 is 42.6. The first kappa shape index (κ1) is 13.8. The highest BCUT2D eigenvalue weighted by atomic mass is 79.9. The maximum Gasteiger partial charge on any atom is 0.407 e. The van der Waals surface area contributed by atoms with Crippen molar-refractivity contribution in [2.45, 2.75) is 13.1 Å². The number of benzene rings is 1. The molecule has 6 heteroatoms. The molecule has 0 saturated carbocycles. The number of ether oxygens (including phenoxy) is 1. The quantitative estimate of drug-likeness (QED) is 0.850. The van der Waals surface area contributed by atoms with Crippen molar-refractivity contribution in [2.75, 3.05) is 6.61 Å². The Balaban J connectivity index is 2.67. The second kappa shape index (κ2) is 5.41. The summed E-state index contributed by atoms with van der Waals surface area (Å²) in [7, 11) is 0. The van der Waals surface area contributed by atoms with Gasteiger partial charge in [-0.1, -0.05) is 15.9 Å². The fraction of sp³-hybridized carbons (Fsp3) is 0.364. The number of alkyl halides is 3. The standard InChI is InChI=1S/C11H9BrF3NO/c1-7-4-9(2-3-10(7)12)17-6-8(5-16)11(13,14)15/h2-4,8H,6H2,1H3. The van der Waals surface area contributed by atoms with Crippen LogP contribution in [-0.2, 0) is 0 Å². The second-order valence-corrected chi connectivity index (χ2v) is 4.30. The molecule has 0 amide bonds. The van der Waals surface area contributed by atoms with E-state index in [4.69, 9.17) is 10.00 Å². The molecule has 1 aromatic carbocycles. The molecule has 17 heavy (non-hydrogen) atoms. The molecule has 92 valence electrons. The Kier molecular flexibility index (Phi) is 4.40. The SMILES string of the molecule is Cc1cc(OCC(C#N)C(F)(F)F)ccc1Br. The van der Waals surface area contributed by atoms with E-state index in [-0.39, 0.29) is 0 Å². The third kappa shape index (κ3) is 3.93. The minimum atomic E-state index is -4.56. The summed E-state index contributed by atoms with van der Waals surface area (Å²) in [6, 6.07) is 6.01. The van der Waals surface area contributed by atoms with Gasteiger partial charge in [0.1, 0.15) is 12.4 Å². The lowest BCUT2D eigenvalue weighted by Crippen LogP contribution is -2.27. The largest absolute Gasteiger partial charge is 0.492 e. The van der Waals surface area contributed by atoms with E-state index in [1.54, 1.807) is 25.1 Å². The lowest BCUT2D eigenvalue weighted by Gasteiger charge is -2.14. The van der Waals surface area contributed by atoms with Crippen molar-refractivity contribution in [3.8, 4) is 11.8 Å². The van der Waals surface area contributed by atoms with Crippen LogP contribution in [0, 0.1) is 24.2 Å². The van der Waals surface area contributed by atoms with Crippen LogP contribution < -0.4 is 4.74 Å². The number of nitrogens with zero attached hydrogens (tertiary/aromatic N) is 1. The highest BCUT2D eigenvalue weighted by Crippen LogP contribution is 2.27. The molecule has 1 unspecified atom stereocenters. The zero-order valence-electron chi connectivity index (χ0n) is 8.88. The van der Waals surface area contributed by atoms with Crippen molar-refractivity contribution in [3.05, 3.63) is 28.2 Å². The number of hydrogen-bond donors (Lipinski definition) is 0. The molecule has 0 aromatic heterocycles. The summed E-state index contributed by atoms with van der Waals surface area (Å²) >= 11 is 3.27. The van der Waals surface area contributed by atoms with Gasteiger partial charge in [0.25, 0.3) is 0 Å². The number of nitriles is 1. The first-order valence-corrected chi connectivity index (χ1v) is 5.49. The Hall–Kier alpha value is -1.22. The first-order chi connectivity index (χ1) is 7.84. The van der Waals surface area contributed by atoms with E-state index >= 15 is 0 Å². The van der Waals surface area contributed by atoms with Crippen molar-refractivity contribution < 1.29 is 17.9 Å². The van der Waals surface area contributed by atoms with Crippen molar-refractivity contribution in [1.82, 2.24) is 0 Å². The number of aryl methyl sites for hydroxylation is 1. The fourth-order valence-electron chi connectivity index (χ4n) is 1.09. The van der Waals surface area contributed by atoms with E-state index in [2.05, 4.69) is 15.9 Å². The smallest absolute Gasteiger partial charge is 0.407 e. The summed E-state index contributed by atoms with van der Waals surface area (Å²) in [4.78, 5) is 0. The highest BCUT2D eigenvalue weighted by molar-refractivity contribution is 9.10. The normalized spacial score (nSPS) is 12.9. The average molecular weight is 308 g/mol. The summed E-state index contributed by atoms with van der Waals surface area (Å²) in [5.41, 5.74) is 0.850. The van der Waals surface area contributed by atoms with E-state index in [9.17, 15) is 13.2 Å². The number of halogens is 4. The Morgan fingerprint density at radius 2 is 2.12 bits per heavy atom. The molecule has 0 aliphatic carbocycles. The van der Waals surface area contributed by atoms with Crippen LogP contribution >= 0.6 is 15.9 Å². The predicted molar refractivity (Wildman–Crippen MR) is 59.5 cm³/mol. The third-order valence-corrected chi connectivity index (χ3v) is 2.99. The molecule has 0 bridgehead atoms. The van der Waals surface area contributed by atoms with Gasteiger partial charge < -0.3 is 4.74 Å². The Morgan fingerprint density at radius 3 is 2.59 bits per heavy atom. The van der Waals surface area contributed by atoms with Gasteiger partial charge >= 0.3 is 6.18 Å². The van der Waals surface area contributed by atoms with Crippen LogP contribution in [0.3, 0.4) is 0 Å². The van der Waals surface area contributed by atoms with Crippen LogP contribution in [0.2, 0.25) is 0 Å². The number of rotatable bonds is 3. The van der Waals surface area contributed by atoms with Crippen LogP contribution in [0.25, 0.3) is 0 Å². The molecule has 0 aliphatic heterocycles. The van der Waals surface area contributed by atoms with Crippen LogP contribution in [-0.4, -0.2) is 12.8 Å². The molecule has 1 aromatic rings. The van der Waals surface area contributed by atoms with E-state index in [1.165, 1.54) is 6.07 Å². The van der Waals surface area contributed by atoms with Gasteiger partial charge in [-0.05, 0) is 30.7 Å². The van der Waals surface area contributed by atoms with E-state index in [0.29, 0.717) is 5.75 Å². The Morgan fingerprint density at radius 1 is 1.47 bits per heavy atom. The molecule has 1 rings (SSSR count). The van der Waals surface area contributed by atoms with Gasteiger partial charge in [0.15, 0.2) is 5.92 Å². The van der Waals surface area contributed by atoms with Gasteiger partial charge in [-0.15, -0.1) is 0 Å². The van der Waals surface area contributed by atoms with Crippen LogP contribution in [0.15, 0.2) is 22.7 Å². The topological polar surface area (TPSA) is 33.0 Å². The lowest BCUT2D eigenvalue weighted by atomic mass is 10.2. The van der Waals surface area contributed by atoms with Crippen molar-refractivity contribution in [2.24, 2.45) is 5.92 Å². The zero-order valence-corrected chi connectivity index (χ0v) is 10.5. The second-order valence-electron chi connectivity index (χ2n) is 3.45. The first-order valence-electron chi connectivity index (χ1n) is 4.70. The average Bonchev–Trinajstić information content (AvgIpc) is 2.22. The molecule has 0 heterocycles. The van der Waals surface area contributed by atoms with Crippen LogP contribution in [0.1, 0.15) is 5.56 Å². The van der Waals surface area contributed by atoms with Crippen molar-refractivity contribution >= 4 is 15.9 Å². The minimum absolute atomic E-state index is 0.315. The maximum atomic E-state index is 12.3. The molecular formula is C11H9BrF3NO. The van der Waals surface area contributed by atoms with Crippen molar-refractivity contribution in [3.63, 3.8) is 0 Å². The summed E-state index contributed by atoms with van der Waals surface area (Å²) in [5, 5.41) is 8.38.